The minimum Gasteiger partial charge on any atom is -0.504 e. The molecular weight excluding hydrogens is 315 g/mol. The number of carbonyl (C=O) groups excluding carboxylic acids is 1. The summed E-state index contributed by atoms with van der Waals surface area (Å²) in [5.41, 5.74) is 0.384. The summed E-state index contributed by atoms with van der Waals surface area (Å²) in [6.45, 7) is 3.14. The number of hydrogen-bond donors (Lipinski definition) is 1. The minimum absolute atomic E-state index is 0.0126. The van der Waals surface area contributed by atoms with E-state index >= 15 is 0 Å². The van der Waals surface area contributed by atoms with Gasteiger partial charge in [-0.05, 0) is 19.9 Å². The molecule has 0 saturated heterocycles. The van der Waals surface area contributed by atoms with Crippen molar-refractivity contribution in [1.82, 2.24) is 9.78 Å². The molecule has 0 radical (unpaired) electrons. The smallest absolute Gasteiger partial charge is 0.344 e. The summed E-state index contributed by atoms with van der Waals surface area (Å²) in [7, 11) is 0. The highest BCUT2D eigenvalue weighted by molar-refractivity contribution is 6.32. The van der Waals surface area contributed by atoms with Crippen molar-refractivity contribution in [2.75, 3.05) is 13.2 Å². The highest BCUT2D eigenvalue weighted by atomic mass is 35.5. The number of hydrogen-bond acceptors (Lipinski definition) is 5. The molecule has 1 heterocycles. The van der Waals surface area contributed by atoms with Crippen LogP contribution in [0, 0.1) is 12.7 Å². The van der Waals surface area contributed by atoms with Crippen molar-refractivity contribution in [3.05, 3.63) is 34.9 Å². The predicted octanol–water partition coefficient (Wildman–Crippen LogP) is 2.62. The van der Waals surface area contributed by atoms with Crippen LogP contribution in [0.2, 0.25) is 5.02 Å². The fourth-order valence-corrected chi connectivity index (χ4v) is 1.92. The predicted molar refractivity (Wildman–Crippen MR) is 77.1 cm³/mol. The van der Waals surface area contributed by atoms with E-state index < -0.39 is 11.8 Å². The van der Waals surface area contributed by atoms with E-state index in [0.717, 1.165) is 10.7 Å². The number of nitrogens with zero attached hydrogens (tertiary/aromatic N) is 2. The molecule has 22 heavy (non-hydrogen) atoms. The first-order valence-electron chi connectivity index (χ1n) is 6.45. The topological polar surface area (TPSA) is 73.6 Å². The van der Waals surface area contributed by atoms with Crippen molar-refractivity contribution >= 4 is 17.6 Å². The number of carbonyl (C=O) groups is 1. The zero-order valence-corrected chi connectivity index (χ0v) is 12.7. The second kappa shape index (κ2) is 6.65. The fraction of sp³-hybridized carbons (Fsp3) is 0.286. The average Bonchev–Trinajstić information content (AvgIpc) is 2.78. The Bertz CT molecular complexity index is 683. The van der Waals surface area contributed by atoms with E-state index in [4.69, 9.17) is 21.1 Å². The monoisotopic (exact) mass is 328 g/mol. The van der Waals surface area contributed by atoms with E-state index in [1.54, 1.807) is 13.8 Å². The second-order valence-electron chi connectivity index (χ2n) is 4.37. The SMILES string of the molecule is CCOC(=O)COc1cc(-n2cc(O)c(C)n2)c(F)cc1Cl. The van der Waals surface area contributed by atoms with Gasteiger partial charge in [0.05, 0.1) is 17.8 Å². The normalized spacial score (nSPS) is 10.5. The average molecular weight is 329 g/mol. The van der Waals surface area contributed by atoms with Crippen LogP contribution in [0.3, 0.4) is 0 Å². The molecule has 8 heteroatoms. The zero-order chi connectivity index (χ0) is 16.3. The Labute approximate surface area is 131 Å². The maximum Gasteiger partial charge on any atom is 0.344 e. The Morgan fingerprint density at radius 3 is 2.82 bits per heavy atom. The number of halogens is 2. The van der Waals surface area contributed by atoms with E-state index in [2.05, 4.69) is 5.10 Å². The van der Waals surface area contributed by atoms with Crippen molar-refractivity contribution in [3.8, 4) is 17.2 Å². The molecule has 1 aromatic carbocycles. The lowest BCUT2D eigenvalue weighted by Crippen LogP contribution is -2.15. The Morgan fingerprint density at radius 1 is 1.50 bits per heavy atom. The highest BCUT2D eigenvalue weighted by Crippen LogP contribution is 2.30. The summed E-state index contributed by atoms with van der Waals surface area (Å²) in [5.74, 6) is -1.16. The van der Waals surface area contributed by atoms with Gasteiger partial charge < -0.3 is 14.6 Å². The number of ether oxygens (including phenoxy) is 2. The third kappa shape index (κ3) is 3.48. The molecule has 0 aliphatic heterocycles. The summed E-state index contributed by atoms with van der Waals surface area (Å²) in [6, 6.07) is 2.34. The van der Waals surface area contributed by atoms with Crippen LogP contribution >= 0.6 is 11.6 Å². The van der Waals surface area contributed by atoms with Gasteiger partial charge in [0.15, 0.2) is 18.2 Å². The van der Waals surface area contributed by atoms with Crippen LogP contribution in [0.5, 0.6) is 11.5 Å². The molecule has 118 valence electrons. The lowest BCUT2D eigenvalue weighted by molar-refractivity contribution is -0.145. The summed E-state index contributed by atoms with van der Waals surface area (Å²) in [5, 5.41) is 13.5. The first kappa shape index (κ1) is 16.1. The molecule has 0 fully saturated rings. The van der Waals surface area contributed by atoms with Gasteiger partial charge in [0, 0.05) is 6.07 Å². The summed E-state index contributed by atoms with van der Waals surface area (Å²) >= 11 is 5.89. The molecule has 0 aliphatic rings. The van der Waals surface area contributed by atoms with Crippen LogP contribution in [0.4, 0.5) is 4.39 Å². The summed E-state index contributed by atoms with van der Waals surface area (Å²) in [4.78, 5) is 11.3. The fourth-order valence-electron chi connectivity index (χ4n) is 1.72. The summed E-state index contributed by atoms with van der Waals surface area (Å²) in [6.07, 6.45) is 1.26. The zero-order valence-electron chi connectivity index (χ0n) is 12.0. The Hall–Kier alpha value is -2.28. The Morgan fingerprint density at radius 2 is 2.23 bits per heavy atom. The van der Waals surface area contributed by atoms with Crippen molar-refractivity contribution in [2.24, 2.45) is 0 Å². The summed E-state index contributed by atoms with van der Waals surface area (Å²) < 4.78 is 25.1. The molecule has 0 amide bonds. The van der Waals surface area contributed by atoms with E-state index in [1.165, 1.54) is 12.3 Å². The number of rotatable bonds is 5. The van der Waals surface area contributed by atoms with E-state index in [9.17, 15) is 14.3 Å². The first-order chi connectivity index (χ1) is 10.4. The van der Waals surface area contributed by atoms with Crippen molar-refractivity contribution in [2.45, 2.75) is 13.8 Å². The van der Waals surface area contributed by atoms with Crippen LogP contribution in [0.15, 0.2) is 18.3 Å². The molecule has 2 aromatic rings. The molecule has 2 rings (SSSR count). The van der Waals surface area contributed by atoms with Crippen LogP contribution in [-0.2, 0) is 9.53 Å². The van der Waals surface area contributed by atoms with E-state index in [0.29, 0.717) is 5.69 Å². The number of benzene rings is 1. The molecular formula is C14H14ClFN2O4. The number of aromatic hydroxyl groups is 1. The Balaban J connectivity index is 2.28. The quantitative estimate of drug-likeness (QED) is 0.854. The third-order valence-electron chi connectivity index (χ3n) is 2.77. The minimum atomic E-state index is -0.643. The Kier molecular flexibility index (Phi) is 4.87. The molecule has 0 saturated carbocycles. The van der Waals surface area contributed by atoms with E-state index in [1.807, 2.05) is 0 Å². The standard InChI is InChI=1S/C14H14ClFN2O4/c1-3-21-14(20)7-22-13-5-11(10(16)4-9(13)15)18-6-12(19)8(2)17-18/h4-6,19H,3,7H2,1-2H3. The number of aromatic nitrogens is 2. The van der Waals surface area contributed by atoms with Gasteiger partial charge in [-0.15, -0.1) is 0 Å². The molecule has 0 bridgehead atoms. The number of aryl methyl sites for hydroxylation is 1. The van der Waals surface area contributed by atoms with Crippen LogP contribution < -0.4 is 4.74 Å². The van der Waals surface area contributed by atoms with Gasteiger partial charge in [0.2, 0.25) is 0 Å². The molecule has 0 aliphatic carbocycles. The second-order valence-corrected chi connectivity index (χ2v) is 4.78. The van der Waals surface area contributed by atoms with Gasteiger partial charge in [-0.2, -0.15) is 5.10 Å². The van der Waals surface area contributed by atoms with Gasteiger partial charge in [-0.3, -0.25) is 0 Å². The van der Waals surface area contributed by atoms with E-state index in [-0.39, 0.29) is 35.4 Å². The molecule has 6 nitrogen and oxygen atoms in total. The molecule has 0 unspecified atom stereocenters. The van der Waals surface area contributed by atoms with Crippen molar-refractivity contribution < 1.29 is 23.8 Å². The number of esters is 1. The largest absolute Gasteiger partial charge is 0.504 e. The van der Waals surface area contributed by atoms with Gasteiger partial charge in [0.25, 0.3) is 0 Å². The molecule has 0 atom stereocenters. The molecule has 0 spiro atoms. The first-order valence-corrected chi connectivity index (χ1v) is 6.83. The van der Waals surface area contributed by atoms with Gasteiger partial charge in [0.1, 0.15) is 17.1 Å². The maximum absolute atomic E-state index is 14.0. The lowest BCUT2D eigenvalue weighted by atomic mass is 10.3. The van der Waals surface area contributed by atoms with Crippen molar-refractivity contribution in [3.63, 3.8) is 0 Å². The molecule has 1 aromatic heterocycles. The van der Waals surface area contributed by atoms with Gasteiger partial charge >= 0.3 is 5.97 Å². The highest BCUT2D eigenvalue weighted by Gasteiger charge is 2.15. The van der Waals surface area contributed by atoms with Gasteiger partial charge in [-0.25, -0.2) is 13.9 Å². The lowest BCUT2D eigenvalue weighted by Gasteiger charge is -2.10. The van der Waals surface area contributed by atoms with Crippen LogP contribution in [0.1, 0.15) is 12.6 Å². The van der Waals surface area contributed by atoms with Gasteiger partial charge in [-0.1, -0.05) is 11.6 Å². The van der Waals surface area contributed by atoms with Crippen LogP contribution in [-0.4, -0.2) is 34.1 Å². The maximum atomic E-state index is 14.0. The van der Waals surface area contributed by atoms with Crippen molar-refractivity contribution in [1.29, 1.82) is 0 Å². The molecule has 1 N–H and O–H groups in total. The van der Waals surface area contributed by atoms with Crippen LogP contribution in [0.25, 0.3) is 5.69 Å². The third-order valence-corrected chi connectivity index (χ3v) is 3.07.